The minimum Gasteiger partial charge on any atom is -0.462 e. The molecule has 0 bridgehead atoms. The standard InChI is InChI=1S/C23H29FO2/c1-3-5-7-8-16-26-23(25)20-13-11-19(12-14-20)21-15-10-18(9-6-4-2)17-22(21)24/h10-15,17H,3-9,16H2,1-2H3. The van der Waals surface area contributed by atoms with Crippen molar-refractivity contribution in [2.45, 2.75) is 58.8 Å². The first kappa shape index (κ1) is 20.2. The first-order chi connectivity index (χ1) is 12.7. The Balaban J connectivity index is 1.97. The summed E-state index contributed by atoms with van der Waals surface area (Å²) in [6.45, 7) is 4.73. The fourth-order valence-electron chi connectivity index (χ4n) is 2.89. The van der Waals surface area contributed by atoms with Crippen LogP contribution in [0.4, 0.5) is 4.39 Å². The molecule has 0 aliphatic heterocycles. The van der Waals surface area contributed by atoms with Crippen molar-refractivity contribution in [2.75, 3.05) is 6.61 Å². The molecule has 0 spiro atoms. The molecule has 2 aromatic rings. The van der Waals surface area contributed by atoms with Gasteiger partial charge in [0.15, 0.2) is 0 Å². The van der Waals surface area contributed by atoms with Gasteiger partial charge in [0.2, 0.25) is 0 Å². The lowest BCUT2D eigenvalue weighted by Gasteiger charge is -2.08. The van der Waals surface area contributed by atoms with Crippen LogP contribution in [0.15, 0.2) is 42.5 Å². The zero-order chi connectivity index (χ0) is 18.8. The molecule has 0 aliphatic carbocycles. The number of aryl methyl sites for hydroxylation is 1. The van der Waals surface area contributed by atoms with Crippen molar-refractivity contribution in [3.8, 4) is 11.1 Å². The van der Waals surface area contributed by atoms with E-state index in [4.69, 9.17) is 4.74 Å². The molecular formula is C23H29FO2. The van der Waals surface area contributed by atoms with Gasteiger partial charge in [-0.1, -0.05) is 63.8 Å². The second-order valence-corrected chi connectivity index (χ2v) is 6.69. The van der Waals surface area contributed by atoms with E-state index in [1.807, 2.05) is 12.1 Å². The van der Waals surface area contributed by atoms with Gasteiger partial charge < -0.3 is 4.74 Å². The Bertz CT molecular complexity index is 692. The van der Waals surface area contributed by atoms with Gasteiger partial charge in [0.05, 0.1) is 12.2 Å². The SMILES string of the molecule is CCCCCCOC(=O)c1ccc(-c2ccc(CCCC)cc2F)cc1. The van der Waals surface area contributed by atoms with E-state index in [1.165, 1.54) is 0 Å². The van der Waals surface area contributed by atoms with Crippen LogP contribution < -0.4 is 0 Å². The van der Waals surface area contributed by atoms with Gasteiger partial charge in [0, 0.05) is 5.56 Å². The van der Waals surface area contributed by atoms with E-state index in [0.29, 0.717) is 17.7 Å². The van der Waals surface area contributed by atoms with Crippen LogP contribution in [-0.4, -0.2) is 12.6 Å². The highest BCUT2D eigenvalue weighted by atomic mass is 19.1. The highest BCUT2D eigenvalue weighted by Crippen LogP contribution is 2.25. The van der Waals surface area contributed by atoms with Gasteiger partial charge in [0.1, 0.15) is 5.82 Å². The Morgan fingerprint density at radius 2 is 1.65 bits per heavy atom. The first-order valence-corrected chi connectivity index (χ1v) is 9.71. The Morgan fingerprint density at radius 3 is 2.31 bits per heavy atom. The van der Waals surface area contributed by atoms with Gasteiger partial charge in [-0.2, -0.15) is 0 Å². The minimum atomic E-state index is -0.316. The van der Waals surface area contributed by atoms with E-state index in [0.717, 1.165) is 56.1 Å². The number of rotatable bonds is 10. The molecule has 2 aromatic carbocycles. The van der Waals surface area contributed by atoms with Crippen molar-refractivity contribution in [2.24, 2.45) is 0 Å². The van der Waals surface area contributed by atoms with Crippen LogP contribution >= 0.6 is 0 Å². The number of carbonyl (C=O) groups is 1. The van der Waals surface area contributed by atoms with Crippen molar-refractivity contribution in [1.29, 1.82) is 0 Å². The average molecular weight is 356 g/mol. The maximum Gasteiger partial charge on any atom is 0.338 e. The highest BCUT2D eigenvalue weighted by Gasteiger charge is 2.10. The lowest BCUT2D eigenvalue weighted by molar-refractivity contribution is 0.0498. The molecule has 0 N–H and O–H groups in total. The molecule has 0 unspecified atom stereocenters. The maximum atomic E-state index is 14.4. The summed E-state index contributed by atoms with van der Waals surface area (Å²) in [5.74, 6) is -0.534. The lowest BCUT2D eigenvalue weighted by atomic mass is 10.00. The molecule has 0 aromatic heterocycles. The van der Waals surface area contributed by atoms with Crippen LogP contribution in [0.1, 0.15) is 68.3 Å². The highest BCUT2D eigenvalue weighted by molar-refractivity contribution is 5.90. The van der Waals surface area contributed by atoms with Crippen molar-refractivity contribution in [1.82, 2.24) is 0 Å². The summed E-state index contributed by atoms with van der Waals surface area (Å²) in [6.07, 6.45) is 7.36. The van der Waals surface area contributed by atoms with Crippen LogP contribution in [0.2, 0.25) is 0 Å². The molecule has 0 heterocycles. The molecular weight excluding hydrogens is 327 g/mol. The summed E-state index contributed by atoms with van der Waals surface area (Å²) in [4.78, 5) is 12.0. The Hall–Kier alpha value is -2.16. The molecule has 26 heavy (non-hydrogen) atoms. The molecule has 0 saturated carbocycles. The van der Waals surface area contributed by atoms with E-state index < -0.39 is 0 Å². The van der Waals surface area contributed by atoms with Gasteiger partial charge in [-0.25, -0.2) is 9.18 Å². The number of benzene rings is 2. The summed E-state index contributed by atoms with van der Waals surface area (Å²) in [5.41, 5.74) is 2.86. The van der Waals surface area contributed by atoms with E-state index >= 15 is 0 Å². The summed E-state index contributed by atoms with van der Waals surface area (Å²) >= 11 is 0. The molecule has 0 radical (unpaired) electrons. The topological polar surface area (TPSA) is 26.3 Å². The third kappa shape index (κ3) is 5.98. The zero-order valence-electron chi connectivity index (χ0n) is 15.9. The van der Waals surface area contributed by atoms with Gasteiger partial charge in [-0.3, -0.25) is 0 Å². The molecule has 2 rings (SSSR count). The molecule has 140 valence electrons. The predicted octanol–water partition coefficient (Wildman–Crippen LogP) is 6.57. The third-order valence-corrected chi connectivity index (χ3v) is 4.52. The number of esters is 1. The van der Waals surface area contributed by atoms with Crippen molar-refractivity contribution in [3.05, 3.63) is 59.4 Å². The molecule has 0 saturated heterocycles. The molecule has 0 amide bonds. The number of hydrogen-bond donors (Lipinski definition) is 0. The molecule has 0 aliphatic rings. The number of carbonyl (C=O) groups excluding carboxylic acids is 1. The summed E-state index contributed by atoms with van der Waals surface area (Å²) < 4.78 is 19.7. The van der Waals surface area contributed by atoms with Crippen molar-refractivity contribution < 1.29 is 13.9 Å². The maximum absolute atomic E-state index is 14.4. The number of ether oxygens (including phenoxy) is 1. The van der Waals surface area contributed by atoms with E-state index in [9.17, 15) is 9.18 Å². The molecule has 3 heteroatoms. The molecule has 0 atom stereocenters. The summed E-state index contributed by atoms with van der Waals surface area (Å²) in [5, 5.41) is 0. The smallest absolute Gasteiger partial charge is 0.338 e. The summed E-state index contributed by atoms with van der Waals surface area (Å²) in [6, 6.07) is 12.4. The Morgan fingerprint density at radius 1 is 0.923 bits per heavy atom. The van der Waals surface area contributed by atoms with Crippen LogP contribution in [0, 0.1) is 5.82 Å². The largest absolute Gasteiger partial charge is 0.462 e. The van der Waals surface area contributed by atoms with Gasteiger partial charge in [0.25, 0.3) is 0 Å². The Labute approximate surface area is 156 Å². The number of unbranched alkanes of at least 4 members (excludes halogenated alkanes) is 4. The molecule has 2 nitrogen and oxygen atoms in total. The minimum absolute atomic E-state index is 0.218. The van der Waals surface area contributed by atoms with Crippen molar-refractivity contribution >= 4 is 5.97 Å². The second kappa shape index (κ2) is 10.7. The third-order valence-electron chi connectivity index (χ3n) is 4.52. The second-order valence-electron chi connectivity index (χ2n) is 6.69. The van der Waals surface area contributed by atoms with Gasteiger partial charge >= 0.3 is 5.97 Å². The van der Waals surface area contributed by atoms with E-state index in [-0.39, 0.29) is 11.8 Å². The van der Waals surface area contributed by atoms with Crippen LogP contribution in [0.5, 0.6) is 0 Å². The quantitative estimate of drug-likeness (QED) is 0.355. The lowest BCUT2D eigenvalue weighted by Crippen LogP contribution is -2.06. The van der Waals surface area contributed by atoms with Gasteiger partial charge in [-0.15, -0.1) is 0 Å². The van der Waals surface area contributed by atoms with Gasteiger partial charge in [-0.05, 0) is 48.6 Å². The van der Waals surface area contributed by atoms with Crippen LogP contribution in [-0.2, 0) is 11.2 Å². The fraction of sp³-hybridized carbons (Fsp3) is 0.435. The average Bonchev–Trinajstić information content (AvgIpc) is 2.66. The van der Waals surface area contributed by atoms with Crippen LogP contribution in [0.3, 0.4) is 0 Å². The normalized spacial score (nSPS) is 10.7. The van der Waals surface area contributed by atoms with Crippen molar-refractivity contribution in [3.63, 3.8) is 0 Å². The first-order valence-electron chi connectivity index (χ1n) is 9.71. The Kier molecular flexibility index (Phi) is 8.33. The predicted molar refractivity (Wildman–Crippen MR) is 105 cm³/mol. The zero-order valence-corrected chi connectivity index (χ0v) is 15.9. The van der Waals surface area contributed by atoms with E-state index in [2.05, 4.69) is 13.8 Å². The van der Waals surface area contributed by atoms with Crippen LogP contribution in [0.25, 0.3) is 11.1 Å². The fourth-order valence-corrected chi connectivity index (χ4v) is 2.89. The summed E-state index contributed by atoms with van der Waals surface area (Å²) in [7, 11) is 0. The van der Waals surface area contributed by atoms with E-state index in [1.54, 1.807) is 30.3 Å². The number of halogens is 1. The monoisotopic (exact) mass is 356 g/mol. The number of hydrogen-bond acceptors (Lipinski definition) is 2. The molecule has 0 fully saturated rings.